The van der Waals surface area contributed by atoms with Crippen LogP contribution in [0.15, 0.2) is 12.1 Å². The van der Waals surface area contributed by atoms with Crippen LogP contribution < -0.4 is 16.6 Å². The second-order valence-corrected chi connectivity index (χ2v) is 4.48. The van der Waals surface area contributed by atoms with Crippen LogP contribution in [0.2, 0.25) is 0 Å². The molecule has 21 heavy (non-hydrogen) atoms. The normalized spacial score (nSPS) is 18.5. The predicted molar refractivity (Wildman–Crippen MR) is 67.8 cm³/mol. The summed E-state index contributed by atoms with van der Waals surface area (Å²) in [4.78, 5) is 35.9. The van der Waals surface area contributed by atoms with Crippen molar-refractivity contribution in [1.29, 1.82) is 0 Å². The van der Waals surface area contributed by atoms with Crippen molar-refractivity contribution in [3.8, 4) is 0 Å². The summed E-state index contributed by atoms with van der Waals surface area (Å²) < 4.78 is 27.2. The summed E-state index contributed by atoms with van der Waals surface area (Å²) in [7, 11) is 0. The van der Waals surface area contributed by atoms with Crippen LogP contribution in [-0.4, -0.2) is 35.2 Å². The number of nitrogens with zero attached hydrogens (tertiary/aromatic N) is 1. The number of nitrogens with two attached hydrogens (primary N) is 1. The maximum atomic E-state index is 13.6. The first-order valence-electron chi connectivity index (χ1n) is 5.95. The molecule has 2 rings (SSSR count). The minimum atomic E-state index is -1.05. The van der Waals surface area contributed by atoms with Crippen molar-refractivity contribution in [3.05, 3.63) is 29.3 Å². The van der Waals surface area contributed by atoms with E-state index in [4.69, 9.17) is 5.84 Å². The van der Waals surface area contributed by atoms with Gasteiger partial charge in [0.2, 0.25) is 11.8 Å². The molecule has 1 aliphatic rings. The maximum Gasteiger partial charge on any atom is 0.255 e. The first kappa shape index (κ1) is 14.9. The third-order valence-electron chi connectivity index (χ3n) is 3.12. The van der Waals surface area contributed by atoms with Gasteiger partial charge in [-0.2, -0.15) is 0 Å². The highest BCUT2D eigenvalue weighted by Gasteiger charge is 2.34. The summed E-state index contributed by atoms with van der Waals surface area (Å²) in [5.41, 5.74) is 0.941. The average Bonchev–Trinajstić information content (AvgIpc) is 2.41. The van der Waals surface area contributed by atoms with Gasteiger partial charge in [-0.1, -0.05) is 0 Å². The second-order valence-electron chi connectivity index (χ2n) is 4.48. The molecule has 1 heterocycles. The molecule has 4 N–H and O–H groups in total. The smallest absolute Gasteiger partial charge is 0.255 e. The summed E-state index contributed by atoms with van der Waals surface area (Å²) >= 11 is 0. The number of carbonyl (C=O) groups is 3. The fourth-order valence-electron chi connectivity index (χ4n) is 1.96. The molecule has 0 radical (unpaired) electrons. The largest absolute Gasteiger partial charge is 0.319 e. The molecule has 0 spiro atoms. The van der Waals surface area contributed by atoms with E-state index >= 15 is 0 Å². The number of halogens is 2. The van der Waals surface area contributed by atoms with Gasteiger partial charge in [0.15, 0.2) is 11.6 Å². The van der Waals surface area contributed by atoms with Gasteiger partial charge in [0.1, 0.15) is 18.3 Å². The second kappa shape index (κ2) is 5.44. The molecule has 1 aliphatic heterocycles. The minimum Gasteiger partial charge on any atom is -0.319 e. The van der Waals surface area contributed by atoms with Crippen molar-refractivity contribution in [3.63, 3.8) is 0 Å². The van der Waals surface area contributed by atoms with Crippen molar-refractivity contribution in [1.82, 2.24) is 10.2 Å². The predicted octanol–water partition coefficient (Wildman–Crippen LogP) is -0.263. The number of imide groups is 1. The summed E-state index contributed by atoms with van der Waals surface area (Å²) in [5.74, 6) is 0.709. The lowest BCUT2D eigenvalue weighted by Crippen LogP contribution is -2.58. The van der Waals surface area contributed by atoms with Crippen LogP contribution >= 0.6 is 0 Å². The molecular weight excluding hydrogens is 286 g/mol. The molecule has 1 aromatic carbocycles. The Bertz CT molecular complexity index is 612. The van der Waals surface area contributed by atoms with Crippen LogP contribution in [0.25, 0.3) is 0 Å². The van der Waals surface area contributed by atoms with E-state index in [9.17, 15) is 23.2 Å². The zero-order valence-corrected chi connectivity index (χ0v) is 10.9. The summed E-state index contributed by atoms with van der Waals surface area (Å²) in [5, 5.41) is 2.06. The van der Waals surface area contributed by atoms with E-state index in [0.29, 0.717) is 0 Å². The Balaban J connectivity index is 2.35. The first-order chi connectivity index (χ1) is 9.85. The lowest BCUT2D eigenvalue weighted by molar-refractivity contribution is -0.138. The standard InChI is InChI=1S/C12H12F2N4O3/c1-5-11(20)16-9(19)4-18(5)12(21)6-2-7(13)10(17-15)8(14)3-6/h2-3,5,17H,4,15H2,1H3,(H,16,19,20). The van der Waals surface area contributed by atoms with Crippen LogP contribution in [0, 0.1) is 11.6 Å². The number of nitrogen functional groups attached to an aromatic ring is 1. The molecule has 0 saturated carbocycles. The summed E-state index contributed by atoms with van der Waals surface area (Å²) in [6.07, 6.45) is 0. The lowest BCUT2D eigenvalue weighted by atomic mass is 10.1. The van der Waals surface area contributed by atoms with Crippen molar-refractivity contribution >= 4 is 23.4 Å². The van der Waals surface area contributed by atoms with Gasteiger partial charge in [-0.05, 0) is 19.1 Å². The number of anilines is 1. The molecule has 0 bridgehead atoms. The van der Waals surface area contributed by atoms with Crippen LogP contribution in [0.3, 0.4) is 0 Å². The van der Waals surface area contributed by atoms with E-state index < -0.39 is 41.1 Å². The lowest BCUT2D eigenvalue weighted by Gasteiger charge is -2.31. The molecule has 1 fully saturated rings. The number of rotatable bonds is 2. The van der Waals surface area contributed by atoms with E-state index in [1.54, 1.807) is 0 Å². The molecule has 9 heteroatoms. The molecular formula is C12H12F2N4O3. The van der Waals surface area contributed by atoms with E-state index in [2.05, 4.69) is 5.32 Å². The van der Waals surface area contributed by atoms with Crippen molar-refractivity contribution in [2.45, 2.75) is 13.0 Å². The molecule has 3 amide bonds. The molecule has 1 unspecified atom stereocenters. The van der Waals surface area contributed by atoms with Crippen LogP contribution in [0.5, 0.6) is 0 Å². The van der Waals surface area contributed by atoms with Crippen LogP contribution in [0.1, 0.15) is 17.3 Å². The van der Waals surface area contributed by atoms with Crippen molar-refractivity contribution < 1.29 is 23.2 Å². The third-order valence-corrected chi connectivity index (χ3v) is 3.12. The van der Waals surface area contributed by atoms with Gasteiger partial charge in [-0.3, -0.25) is 25.5 Å². The zero-order valence-electron chi connectivity index (χ0n) is 10.9. The molecule has 1 atom stereocenters. The van der Waals surface area contributed by atoms with E-state index in [1.165, 1.54) is 6.92 Å². The summed E-state index contributed by atoms with van der Waals surface area (Å²) in [6.45, 7) is 1.04. The van der Waals surface area contributed by atoms with E-state index in [1.807, 2.05) is 5.43 Å². The zero-order chi connectivity index (χ0) is 15.7. The molecule has 0 aromatic heterocycles. The minimum absolute atomic E-state index is 0.321. The molecule has 1 saturated heterocycles. The highest BCUT2D eigenvalue weighted by atomic mass is 19.1. The van der Waals surface area contributed by atoms with Crippen LogP contribution in [0.4, 0.5) is 14.5 Å². The number of nitrogens with one attached hydrogen (secondary N) is 2. The highest BCUT2D eigenvalue weighted by Crippen LogP contribution is 2.21. The van der Waals surface area contributed by atoms with Gasteiger partial charge in [-0.25, -0.2) is 8.78 Å². The molecule has 1 aromatic rings. The van der Waals surface area contributed by atoms with Crippen LogP contribution in [-0.2, 0) is 9.59 Å². The topological polar surface area (TPSA) is 105 Å². The van der Waals surface area contributed by atoms with Gasteiger partial charge < -0.3 is 10.3 Å². The monoisotopic (exact) mass is 298 g/mol. The maximum absolute atomic E-state index is 13.6. The number of amides is 3. The Labute approximate surface area is 118 Å². The third kappa shape index (κ3) is 2.68. The Kier molecular flexibility index (Phi) is 3.85. The van der Waals surface area contributed by atoms with Gasteiger partial charge >= 0.3 is 0 Å². The van der Waals surface area contributed by atoms with Gasteiger partial charge in [0.05, 0.1) is 0 Å². The van der Waals surface area contributed by atoms with E-state index in [0.717, 1.165) is 17.0 Å². The number of hydrazine groups is 1. The Morgan fingerprint density at radius 2 is 1.95 bits per heavy atom. The van der Waals surface area contributed by atoms with Gasteiger partial charge in [0.25, 0.3) is 5.91 Å². The number of hydrogen-bond acceptors (Lipinski definition) is 5. The molecule has 0 aliphatic carbocycles. The van der Waals surface area contributed by atoms with E-state index in [-0.39, 0.29) is 12.1 Å². The Hall–Kier alpha value is -2.55. The Morgan fingerprint density at radius 1 is 1.38 bits per heavy atom. The fourth-order valence-corrected chi connectivity index (χ4v) is 1.96. The summed E-state index contributed by atoms with van der Waals surface area (Å²) in [6, 6.07) is 0.642. The van der Waals surface area contributed by atoms with Gasteiger partial charge in [0, 0.05) is 5.56 Å². The first-order valence-corrected chi connectivity index (χ1v) is 5.95. The van der Waals surface area contributed by atoms with Crippen molar-refractivity contribution in [2.24, 2.45) is 5.84 Å². The number of hydrogen-bond donors (Lipinski definition) is 3. The quantitative estimate of drug-likeness (QED) is 0.396. The Morgan fingerprint density at radius 3 is 2.48 bits per heavy atom. The highest BCUT2D eigenvalue weighted by molar-refractivity contribution is 6.07. The number of benzene rings is 1. The van der Waals surface area contributed by atoms with Gasteiger partial charge in [-0.15, -0.1) is 0 Å². The van der Waals surface area contributed by atoms with Crippen molar-refractivity contribution in [2.75, 3.05) is 12.0 Å². The fraction of sp³-hybridized carbons (Fsp3) is 0.250. The average molecular weight is 298 g/mol. The molecule has 7 nitrogen and oxygen atoms in total. The molecule has 112 valence electrons. The number of carbonyl (C=O) groups excluding carboxylic acids is 3. The number of piperazine rings is 1. The SMILES string of the molecule is CC1C(=O)NC(=O)CN1C(=O)c1cc(F)c(NN)c(F)c1.